The van der Waals surface area contributed by atoms with Crippen LogP contribution in [0.3, 0.4) is 0 Å². The molecule has 2 aromatic carbocycles. The van der Waals surface area contributed by atoms with Crippen molar-refractivity contribution in [2.45, 2.75) is 31.3 Å². The average Bonchev–Trinajstić information content (AvgIpc) is 3.06. The maximum atomic E-state index is 12.6. The Kier molecular flexibility index (Phi) is 4.79. The predicted octanol–water partition coefficient (Wildman–Crippen LogP) is 2.72. The lowest BCUT2D eigenvalue weighted by molar-refractivity contribution is -0.143. The summed E-state index contributed by atoms with van der Waals surface area (Å²) in [6.45, 7) is 4.18. The van der Waals surface area contributed by atoms with Crippen LogP contribution in [-0.4, -0.2) is 48.3 Å². The van der Waals surface area contributed by atoms with E-state index in [1.165, 1.54) is 11.3 Å². The number of aliphatic hydroxyl groups is 1. The first-order chi connectivity index (χ1) is 13.1. The summed E-state index contributed by atoms with van der Waals surface area (Å²) in [6, 6.07) is 16.1. The molecule has 2 aromatic rings. The van der Waals surface area contributed by atoms with Gasteiger partial charge in [0, 0.05) is 30.7 Å². The second-order valence-corrected chi connectivity index (χ2v) is 7.60. The lowest BCUT2D eigenvalue weighted by atomic mass is 9.74. The zero-order valence-electron chi connectivity index (χ0n) is 15.6. The monoisotopic (exact) mass is 366 g/mol. The molecule has 27 heavy (non-hydrogen) atoms. The third-order valence-electron chi connectivity index (χ3n) is 5.92. The molecule has 2 aliphatic rings. The summed E-state index contributed by atoms with van der Waals surface area (Å²) >= 11 is 0. The van der Waals surface area contributed by atoms with Gasteiger partial charge in [-0.2, -0.15) is 0 Å². The Morgan fingerprint density at radius 2 is 1.89 bits per heavy atom. The first kappa shape index (κ1) is 17.9. The van der Waals surface area contributed by atoms with Gasteiger partial charge in [-0.15, -0.1) is 0 Å². The maximum absolute atomic E-state index is 12.6. The molecule has 1 fully saturated rings. The van der Waals surface area contributed by atoms with Crippen LogP contribution in [0.15, 0.2) is 48.5 Å². The van der Waals surface area contributed by atoms with Gasteiger partial charge in [0.1, 0.15) is 12.4 Å². The quantitative estimate of drug-likeness (QED) is 0.873. The highest BCUT2D eigenvalue weighted by Crippen LogP contribution is 2.43. The predicted molar refractivity (Wildman–Crippen MR) is 105 cm³/mol. The number of benzene rings is 2. The molecule has 4 rings (SSSR count). The van der Waals surface area contributed by atoms with Gasteiger partial charge in [0.05, 0.1) is 0 Å². The molecule has 2 heterocycles. The molecular weight excluding hydrogens is 340 g/mol. The number of likely N-dealkylation sites (tertiary alicyclic amines) is 1. The van der Waals surface area contributed by atoms with Crippen molar-refractivity contribution in [1.82, 2.24) is 4.90 Å². The van der Waals surface area contributed by atoms with E-state index in [0.29, 0.717) is 18.8 Å². The summed E-state index contributed by atoms with van der Waals surface area (Å²) < 4.78 is 5.64. The second-order valence-electron chi connectivity index (χ2n) is 7.60. The van der Waals surface area contributed by atoms with Crippen LogP contribution in [0.1, 0.15) is 24.0 Å². The van der Waals surface area contributed by atoms with Crippen LogP contribution >= 0.6 is 0 Å². The number of para-hydroxylation sites is 2. The standard InChI is InChI=1S/C22H26N2O3/c1-16-6-2-5-9-20(16)27-14-19(25)21(26)24-12-10-22(11-13-24)15-23-18-8-4-3-7-17(18)22/h2-9,19,23,25H,10-15H2,1H3. The Balaban J connectivity index is 1.34. The number of piperidine rings is 1. The number of aliphatic hydroxyl groups excluding tert-OH is 1. The summed E-state index contributed by atoms with van der Waals surface area (Å²) in [6.07, 6.45) is 0.690. The largest absolute Gasteiger partial charge is 0.490 e. The van der Waals surface area contributed by atoms with Crippen LogP contribution in [0.4, 0.5) is 5.69 Å². The van der Waals surface area contributed by atoms with Crippen molar-refractivity contribution in [3.8, 4) is 5.75 Å². The number of fused-ring (bicyclic) bond motifs is 2. The van der Waals surface area contributed by atoms with Crippen molar-refractivity contribution in [2.24, 2.45) is 0 Å². The molecule has 0 saturated carbocycles. The van der Waals surface area contributed by atoms with Gasteiger partial charge in [0.2, 0.25) is 0 Å². The smallest absolute Gasteiger partial charge is 0.254 e. The molecule has 1 atom stereocenters. The number of nitrogens with one attached hydrogen (secondary N) is 1. The molecule has 0 aromatic heterocycles. The van der Waals surface area contributed by atoms with Gasteiger partial charge in [0.15, 0.2) is 6.10 Å². The van der Waals surface area contributed by atoms with E-state index in [0.717, 1.165) is 24.9 Å². The first-order valence-corrected chi connectivity index (χ1v) is 9.58. The van der Waals surface area contributed by atoms with E-state index >= 15 is 0 Å². The summed E-state index contributed by atoms with van der Waals surface area (Å²) in [7, 11) is 0. The maximum Gasteiger partial charge on any atom is 0.254 e. The molecule has 5 nitrogen and oxygen atoms in total. The third-order valence-corrected chi connectivity index (χ3v) is 5.92. The molecule has 142 valence electrons. The normalized spacial score (nSPS) is 18.7. The number of rotatable bonds is 4. The van der Waals surface area contributed by atoms with Crippen LogP contribution in [-0.2, 0) is 10.2 Å². The minimum absolute atomic E-state index is 0.0181. The van der Waals surface area contributed by atoms with E-state index in [9.17, 15) is 9.90 Å². The minimum Gasteiger partial charge on any atom is -0.490 e. The number of anilines is 1. The van der Waals surface area contributed by atoms with E-state index in [2.05, 4.69) is 23.5 Å². The van der Waals surface area contributed by atoms with Gasteiger partial charge in [-0.3, -0.25) is 4.79 Å². The fourth-order valence-electron chi connectivity index (χ4n) is 4.23. The zero-order chi connectivity index (χ0) is 18.9. The van der Waals surface area contributed by atoms with Crippen LogP contribution in [0.5, 0.6) is 5.75 Å². The Morgan fingerprint density at radius 1 is 1.19 bits per heavy atom. The van der Waals surface area contributed by atoms with E-state index in [1.807, 2.05) is 37.3 Å². The molecule has 1 spiro atoms. The van der Waals surface area contributed by atoms with Gasteiger partial charge in [-0.25, -0.2) is 0 Å². The molecule has 1 amide bonds. The number of hydrogen-bond donors (Lipinski definition) is 2. The topological polar surface area (TPSA) is 61.8 Å². The lowest BCUT2D eigenvalue weighted by Gasteiger charge is -2.40. The Morgan fingerprint density at radius 3 is 2.67 bits per heavy atom. The summed E-state index contributed by atoms with van der Waals surface area (Å²) in [5.41, 5.74) is 3.67. The number of carbonyl (C=O) groups is 1. The Bertz CT molecular complexity index is 828. The van der Waals surface area contributed by atoms with Gasteiger partial charge in [-0.1, -0.05) is 36.4 Å². The first-order valence-electron chi connectivity index (χ1n) is 9.58. The van der Waals surface area contributed by atoms with Crippen LogP contribution in [0.2, 0.25) is 0 Å². The molecule has 0 aliphatic carbocycles. The molecule has 0 radical (unpaired) electrons. The van der Waals surface area contributed by atoms with Crippen molar-refractivity contribution in [1.29, 1.82) is 0 Å². The highest BCUT2D eigenvalue weighted by atomic mass is 16.5. The minimum atomic E-state index is -1.13. The second kappa shape index (κ2) is 7.24. The van der Waals surface area contributed by atoms with E-state index < -0.39 is 6.10 Å². The fourth-order valence-corrected chi connectivity index (χ4v) is 4.23. The highest BCUT2D eigenvalue weighted by molar-refractivity contribution is 5.81. The molecule has 5 heteroatoms. The van der Waals surface area contributed by atoms with E-state index in [1.54, 1.807) is 4.90 Å². The molecule has 2 N–H and O–H groups in total. The number of hydrogen-bond acceptors (Lipinski definition) is 4. The van der Waals surface area contributed by atoms with Crippen molar-refractivity contribution < 1.29 is 14.6 Å². The molecule has 1 unspecified atom stereocenters. The van der Waals surface area contributed by atoms with Crippen molar-refractivity contribution in [3.63, 3.8) is 0 Å². The van der Waals surface area contributed by atoms with E-state index in [4.69, 9.17) is 4.74 Å². The molecule has 0 bridgehead atoms. The zero-order valence-corrected chi connectivity index (χ0v) is 15.6. The number of carbonyl (C=O) groups excluding carboxylic acids is 1. The molecular formula is C22H26N2O3. The van der Waals surface area contributed by atoms with Crippen molar-refractivity contribution >= 4 is 11.6 Å². The number of amides is 1. The van der Waals surface area contributed by atoms with Crippen molar-refractivity contribution in [3.05, 3.63) is 59.7 Å². The van der Waals surface area contributed by atoms with Crippen LogP contribution in [0.25, 0.3) is 0 Å². The number of aryl methyl sites for hydroxylation is 1. The summed E-state index contributed by atoms with van der Waals surface area (Å²) in [5.74, 6) is 0.466. The third kappa shape index (κ3) is 3.39. The van der Waals surface area contributed by atoms with Gasteiger partial charge in [-0.05, 0) is 43.0 Å². The number of nitrogens with zero attached hydrogens (tertiary/aromatic N) is 1. The molecule has 1 saturated heterocycles. The average molecular weight is 366 g/mol. The molecule has 2 aliphatic heterocycles. The fraction of sp³-hybridized carbons (Fsp3) is 0.409. The van der Waals surface area contributed by atoms with E-state index in [-0.39, 0.29) is 17.9 Å². The van der Waals surface area contributed by atoms with Crippen LogP contribution < -0.4 is 10.1 Å². The Hall–Kier alpha value is -2.53. The van der Waals surface area contributed by atoms with Gasteiger partial charge in [0.25, 0.3) is 5.91 Å². The van der Waals surface area contributed by atoms with Crippen LogP contribution in [0, 0.1) is 6.92 Å². The van der Waals surface area contributed by atoms with Gasteiger partial charge >= 0.3 is 0 Å². The summed E-state index contributed by atoms with van der Waals surface area (Å²) in [5, 5.41) is 13.8. The Labute approximate surface area is 160 Å². The SMILES string of the molecule is Cc1ccccc1OCC(O)C(=O)N1CCC2(CC1)CNc1ccccc12. The number of ether oxygens (including phenoxy) is 1. The highest BCUT2D eigenvalue weighted by Gasteiger charge is 2.42. The van der Waals surface area contributed by atoms with Gasteiger partial charge < -0.3 is 20.1 Å². The summed E-state index contributed by atoms with van der Waals surface area (Å²) in [4.78, 5) is 14.4. The lowest BCUT2D eigenvalue weighted by Crippen LogP contribution is -2.50. The van der Waals surface area contributed by atoms with Crippen molar-refractivity contribution in [2.75, 3.05) is 31.6 Å².